The molecule has 1 unspecified atom stereocenters. The molecule has 2 nitrogen and oxygen atoms in total. The summed E-state index contributed by atoms with van der Waals surface area (Å²) in [4.78, 5) is 12.0. The number of hydrogen-bond acceptors (Lipinski definition) is 2. The van der Waals surface area contributed by atoms with Gasteiger partial charge in [-0.1, -0.05) is 0 Å². The predicted molar refractivity (Wildman–Crippen MR) is 73.5 cm³/mol. The van der Waals surface area contributed by atoms with E-state index in [0.29, 0.717) is 6.04 Å². The van der Waals surface area contributed by atoms with Crippen molar-refractivity contribution in [3.8, 4) is 0 Å². The molecule has 0 amide bonds. The zero-order chi connectivity index (χ0) is 12.9. The Hall–Kier alpha value is -0.520. The van der Waals surface area contributed by atoms with E-state index in [1.54, 1.807) is 0 Å². The van der Waals surface area contributed by atoms with Gasteiger partial charge in [-0.2, -0.15) is 0 Å². The summed E-state index contributed by atoms with van der Waals surface area (Å²) < 4.78 is 27.2. The van der Waals surface area contributed by atoms with Crippen LogP contribution in [0.15, 0.2) is 16.6 Å². The van der Waals surface area contributed by atoms with E-state index in [2.05, 4.69) is 21.2 Å². The summed E-state index contributed by atoms with van der Waals surface area (Å²) in [5.74, 6) is -0.712. The Morgan fingerprint density at radius 1 is 1.32 bits per heavy atom. The molecule has 0 aromatic heterocycles. The number of carbonyl (C=O) groups excluding carboxylic acids is 1. The van der Waals surface area contributed by atoms with Crippen LogP contribution in [0.25, 0.3) is 0 Å². The van der Waals surface area contributed by atoms with Crippen LogP contribution in [0.5, 0.6) is 0 Å². The second-order valence-electron chi connectivity index (χ2n) is 5.05. The molecule has 1 aliphatic carbocycles. The summed E-state index contributed by atoms with van der Waals surface area (Å²) in [6.07, 6.45) is 2.00. The number of nitrogens with one attached hydrogen (secondary N) is 1. The summed E-state index contributed by atoms with van der Waals surface area (Å²) in [5, 5.41) is 3.19. The summed E-state index contributed by atoms with van der Waals surface area (Å²) in [6, 6.07) is 2.25. The molecular formula is C13H13BrClF2NO. The average Bonchev–Trinajstić information content (AvgIpc) is 2.26. The van der Waals surface area contributed by atoms with Crippen molar-refractivity contribution in [2.75, 3.05) is 0 Å². The minimum Gasteiger partial charge on any atom is -0.304 e. The van der Waals surface area contributed by atoms with Gasteiger partial charge in [-0.25, -0.2) is 8.78 Å². The Morgan fingerprint density at radius 3 is 2.63 bits per heavy atom. The maximum atomic E-state index is 13.8. The maximum Gasteiger partial charge on any atom is 0.153 e. The first kappa shape index (κ1) is 14.9. The van der Waals surface area contributed by atoms with E-state index in [1.807, 2.05) is 0 Å². The molecule has 2 aliphatic heterocycles. The van der Waals surface area contributed by atoms with Crippen molar-refractivity contribution >= 4 is 34.1 Å². The average molecular weight is 353 g/mol. The number of rotatable bonds is 2. The van der Waals surface area contributed by atoms with Gasteiger partial charge in [0, 0.05) is 12.0 Å². The van der Waals surface area contributed by atoms with Crippen LogP contribution in [-0.2, 0) is 11.2 Å². The van der Waals surface area contributed by atoms with Crippen LogP contribution in [0, 0.1) is 17.6 Å². The number of carbonyl (C=O) groups is 1. The highest BCUT2D eigenvalue weighted by Gasteiger charge is 2.44. The zero-order valence-corrected chi connectivity index (χ0v) is 12.4. The topological polar surface area (TPSA) is 29.1 Å². The lowest BCUT2D eigenvalue weighted by Gasteiger charge is -2.45. The van der Waals surface area contributed by atoms with Gasteiger partial charge in [0.1, 0.15) is 11.6 Å². The molecule has 104 valence electrons. The molecular weight excluding hydrogens is 340 g/mol. The molecule has 1 aromatic rings. The van der Waals surface area contributed by atoms with Crippen LogP contribution < -0.4 is 5.32 Å². The van der Waals surface area contributed by atoms with E-state index in [9.17, 15) is 13.6 Å². The van der Waals surface area contributed by atoms with E-state index in [1.165, 1.54) is 0 Å². The van der Waals surface area contributed by atoms with Crippen LogP contribution in [-0.4, -0.2) is 17.9 Å². The van der Waals surface area contributed by atoms with E-state index < -0.39 is 11.6 Å². The van der Waals surface area contributed by atoms with E-state index >= 15 is 0 Å². The minimum absolute atomic E-state index is 0. The van der Waals surface area contributed by atoms with Gasteiger partial charge in [0.25, 0.3) is 0 Å². The van der Waals surface area contributed by atoms with Gasteiger partial charge < -0.3 is 5.32 Å². The highest BCUT2D eigenvalue weighted by molar-refractivity contribution is 9.10. The third kappa shape index (κ3) is 2.69. The van der Waals surface area contributed by atoms with Crippen LogP contribution in [0.4, 0.5) is 8.78 Å². The van der Waals surface area contributed by atoms with Crippen LogP contribution in [0.3, 0.4) is 0 Å². The number of ketones is 1. The smallest absolute Gasteiger partial charge is 0.153 e. The van der Waals surface area contributed by atoms with Crippen LogP contribution >= 0.6 is 28.3 Å². The fourth-order valence-electron chi connectivity index (χ4n) is 2.77. The van der Waals surface area contributed by atoms with E-state index in [0.717, 1.165) is 25.0 Å². The molecule has 0 radical (unpaired) electrons. The lowest BCUT2D eigenvalue weighted by atomic mass is 9.70. The fourth-order valence-corrected chi connectivity index (χ4v) is 3.25. The molecule has 6 heteroatoms. The predicted octanol–water partition coefficient (Wildman–Crippen LogP) is 3.01. The van der Waals surface area contributed by atoms with E-state index in [-0.39, 0.29) is 46.6 Å². The quantitative estimate of drug-likeness (QED) is 0.829. The van der Waals surface area contributed by atoms with Crippen molar-refractivity contribution in [3.05, 3.63) is 33.8 Å². The second-order valence-corrected chi connectivity index (χ2v) is 5.91. The number of fused-ring (bicyclic) bond motifs is 2. The number of halogens is 4. The normalized spacial score (nSPS) is 28.6. The Bertz CT molecular complexity index is 520. The highest BCUT2D eigenvalue weighted by Crippen LogP contribution is 2.35. The molecule has 2 bridgehead atoms. The van der Waals surface area contributed by atoms with Crippen molar-refractivity contribution in [1.29, 1.82) is 0 Å². The fraction of sp³-hybridized carbons (Fsp3) is 0.462. The molecule has 2 saturated heterocycles. The summed E-state index contributed by atoms with van der Waals surface area (Å²) in [5.41, 5.74) is 0.244. The van der Waals surface area contributed by atoms with Gasteiger partial charge in [-0.3, -0.25) is 4.79 Å². The molecule has 4 rings (SSSR count). The molecule has 1 saturated carbocycles. The van der Waals surface area contributed by atoms with Crippen molar-refractivity contribution in [3.63, 3.8) is 0 Å². The number of hydrogen-bond donors (Lipinski definition) is 1. The number of benzene rings is 1. The molecule has 0 spiro atoms. The van der Waals surface area contributed by atoms with Crippen molar-refractivity contribution in [2.45, 2.75) is 31.3 Å². The SMILES string of the molecule is Cl.O=C1C2CC(C2)NC1Cc1cc(F)cc(Br)c1F. The van der Waals surface area contributed by atoms with E-state index in [4.69, 9.17) is 0 Å². The first-order valence-corrected chi connectivity index (χ1v) is 6.77. The molecule has 19 heavy (non-hydrogen) atoms. The van der Waals surface area contributed by atoms with Gasteiger partial charge in [0.2, 0.25) is 0 Å². The molecule has 1 atom stereocenters. The Morgan fingerprint density at radius 2 is 2.00 bits per heavy atom. The Labute approximate surface area is 124 Å². The van der Waals surface area contributed by atoms with Gasteiger partial charge >= 0.3 is 0 Å². The monoisotopic (exact) mass is 351 g/mol. The van der Waals surface area contributed by atoms with Gasteiger partial charge in [-0.05, 0) is 52.9 Å². The third-order valence-corrected chi connectivity index (χ3v) is 4.39. The molecule has 3 aliphatic rings. The molecule has 3 fully saturated rings. The minimum atomic E-state index is -0.494. The lowest BCUT2D eigenvalue weighted by Crippen LogP contribution is -2.61. The standard InChI is InChI=1S/C13H12BrF2NO.ClH/c14-10-5-8(15)1-6(12(10)16)4-11-13(18)7-2-9(3-7)17-11;/h1,5,7,9,11,17H,2-4H2;1H. The summed E-state index contributed by atoms with van der Waals surface area (Å²) in [6.45, 7) is 0. The first-order chi connectivity index (χ1) is 8.54. The molecule has 2 heterocycles. The first-order valence-electron chi connectivity index (χ1n) is 5.98. The Kier molecular flexibility index (Phi) is 4.28. The zero-order valence-electron chi connectivity index (χ0n) is 9.96. The van der Waals surface area contributed by atoms with Crippen molar-refractivity contribution in [2.24, 2.45) is 5.92 Å². The van der Waals surface area contributed by atoms with Gasteiger partial charge in [0.05, 0.1) is 10.5 Å². The molecule has 1 aromatic carbocycles. The van der Waals surface area contributed by atoms with Crippen molar-refractivity contribution in [1.82, 2.24) is 5.32 Å². The van der Waals surface area contributed by atoms with Gasteiger partial charge in [0.15, 0.2) is 5.78 Å². The lowest BCUT2D eigenvalue weighted by molar-refractivity contribution is -0.133. The summed E-state index contributed by atoms with van der Waals surface area (Å²) >= 11 is 2.98. The summed E-state index contributed by atoms with van der Waals surface area (Å²) in [7, 11) is 0. The highest BCUT2D eigenvalue weighted by atomic mass is 79.9. The third-order valence-electron chi connectivity index (χ3n) is 3.81. The largest absolute Gasteiger partial charge is 0.304 e. The number of Topliss-reactive ketones (excluding diaryl/α,β-unsaturated/α-hetero) is 1. The second kappa shape index (κ2) is 5.46. The van der Waals surface area contributed by atoms with Crippen LogP contribution in [0.1, 0.15) is 18.4 Å². The molecule has 1 N–H and O–H groups in total. The Balaban J connectivity index is 0.00000133. The number of piperidine rings is 2. The van der Waals surface area contributed by atoms with Crippen LogP contribution in [0.2, 0.25) is 0 Å². The van der Waals surface area contributed by atoms with Crippen molar-refractivity contribution < 1.29 is 13.6 Å². The van der Waals surface area contributed by atoms with Gasteiger partial charge in [-0.15, -0.1) is 12.4 Å². The maximum absolute atomic E-state index is 13.8.